The number of fused-ring (bicyclic) bond motifs is 1. The Bertz CT molecular complexity index is 1320. The number of ether oxygens (including phenoxy) is 1. The van der Waals surface area contributed by atoms with Gasteiger partial charge >= 0.3 is 5.97 Å². The first kappa shape index (κ1) is 28.5. The SMILES string of the molecule is C=CCOC(=O)[C@@H]1[C@H]2C(=O)N([C@H](CO)c3ccccc3)C(C(=O)N(CC=C)c3c(C)cccc3Cl)C23CC[C@H]1S3. The predicted octanol–water partition coefficient (Wildman–Crippen LogP) is 4.72. The van der Waals surface area contributed by atoms with Crippen molar-refractivity contribution in [3.8, 4) is 0 Å². The van der Waals surface area contributed by atoms with Crippen LogP contribution >= 0.6 is 23.4 Å². The number of aryl methyl sites for hydroxylation is 1. The van der Waals surface area contributed by atoms with Crippen LogP contribution in [-0.2, 0) is 19.1 Å². The molecule has 3 saturated heterocycles. The number of carbonyl (C=O) groups excluding carboxylic acids is 3. The van der Waals surface area contributed by atoms with Gasteiger partial charge in [-0.25, -0.2) is 0 Å². The number of amides is 2. The number of halogens is 1. The molecule has 3 aliphatic heterocycles. The number of esters is 1. The van der Waals surface area contributed by atoms with Gasteiger partial charge in [0, 0.05) is 11.8 Å². The first-order chi connectivity index (χ1) is 19.3. The molecule has 2 amide bonds. The highest BCUT2D eigenvalue weighted by atomic mass is 35.5. The van der Waals surface area contributed by atoms with Crippen LogP contribution in [0.3, 0.4) is 0 Å². The van der Waals surface area contributed by atoms with Crippen LogP contribution in [0.15, 0.2) is 73.8 Å². The molecule has 210 valence electrons. The number of anilines is 1. The average Bonchev–Trinajstić information content (AvgIpc) is 3.59. The molecule has 40 heavy (non-hydrogen) atoms. The molecule has 3 heterocycles. The van der Waals surface area contributed by atoms with Crippen molar-refractivity contribution >= 4 is 46.8 Å². The van der Waals surface area contributed by atoms with E-state index in [0.29, 0.717) is 29.1 Å². The third-order valence-corrected chi connectivity index (χ3v) is 10.6. The highest BCUT2D eigenvalue weighted by molar-refractivity contribution is 8.02. The maximum Gasteiger partial charge on any atom is 0.311 e. The van der Waals surface area contributed by atoms with Crippen molar-refractivity contribution in [3.63, 3.8) is 0 Å². The third-order valence-electron chi connectivity index (χ3n) is 8.32. The zero-order chi connectivity index (χ0) is 28.6. The van der Waals surface area contributed by atoms with E-state index in [-0.39, 0.29) is 36.8 Å². The van der Waals surface area contributed by atoms with Gasteiger partial charge in [0.25, 0.3) is 5.91 Å². The monoisotopic (exact) mass is 580 g/mol. The van der Waals surface area contributed by atoms with Crippen LogP contribution < -0.4 is 4.90 Å². The van der Waals surface area contributed by atoms with Gasteiger partial charge in [-0.05, 0) is 37.0 Å². The van der Waals surface area contributed by atoms with Gasteiger partial charge < -0.3 is 19.6 Å². The lowest BCUT2D eigenvalue weighted by atomic mass is 9.71. The molecule has 1 N–H and O–H groups in total. The van der Waals surface area contributed by atoms with Crippen LogP contribution in [0.25, 0.3) is 0 Å². The van der Waals surface area contributed by atoms with E-state index in [1.165, 1.54) is 11.0 Å². The zero-order valence-electron chi connectivity index (χ0n) is 22.4. The van der Waals surface area contributed by atoms with Crippen molar-refractivity contribution in [2.24, 2.45) is 11.8 Å². The van der Waals surface area contributed by atoms with Crippen molar-refractivity contribution in [2.75, 3.05) is 24.7 Å². The fourth-order valence-corrected chi connectivity index (χ4v) is 9.28. The Morgan fingerprint density at radius 1 is 1.23 bits per heavy atom. The fraction of sp³-hybridized carbons (Fsp3) is 0.387. The lowest BCUT2D eigenvalue weighted by Crippen LogP contribution is -2.56. The molecule has 2 bridgehead atoms. The first-order valence-electron chi connectivity index (χ1n) is 13.4. The number of carbonyl (C=O) groups is 3. The second-order valence-electron chi connectivity index (χ2n) is 10.5. The summed E-state index contributed by atoms with van der Waals surface area (Å²) in [7, 11) is 0. The Balaban J connectivity index is 1.66. The van der Waals surface area contributed by atoms with E-state index >= 15 is 0 Å². The summed E-state index contributed by atoms with van der Waals surface area (Å²) in [5, 5.41) is 10.9. The van der Waals surface area contributed by atoms with Gasteiger partial charge in [0.15, 0.2) is 0 Å². The highest BCUT2D eigenvalue weighted by Gasteiger charge is 2.75. The van der Waals surface area contributed by atoms with Crippen molar-refractivity contribution in [1.82, 2.24) is 4.90 Å². The molecule has 2 unspecified atom stereocenters. The second-order valence-corrected chi connectivity index (χ2v) is 12.5. The van der Waals surface area contributed by atoms with Gasteiger partial charge in [-0.2, -0.15) is 0 Å². The maximum absolute atomic E-state index is 14.8. The normalized spacial score (nSPS) is 27.3. The smallest absolute Gasteiger partial charge is 0.311 e. The van der Waals surface area contributed by atoms with E-state index in [9.17, 15) is 19.5 Å². The minimum atomic E-state index is -0.940. The Morgan fingerprint density at radius 2 is 1.98 bits per heavy atom. The number of rotatable bonds is 10. The summed E-state index contributed by atoms with van der Waals surface area (Å²) in [4.78, 5) is 45.7. The Labute approximate surface area is 243 Å². The van der Waals surface area contributed by atoms with Crippen LogP contribution in [0.5, 0.6) is 0 Å². The van der Waals surface area contributed by atoms with Gasteiger partial charge in [-0.3, -0.25) is 14.4 Å². The molecule has 5 rings (SSSR count). The summed E-state index contributed by atoms with van der Waals surface area (Å²) in [6, 6.07) is 12.9. The molecule has 6 atom stereocenters. The molecule has 0 aliphatic carbocycles. The third kappa shape index (κ3) is 4.46. The topological polar surface area (TPSA) is 87.1 Å². The summed E-state index contributed by atoms with van der Waals surface area (Å²) in [6.45, 7) is 9.23. The average molecular weight is 581 g/mol. The van der Waals surface area contributed by atoms with E-state index < -0.39 is 34.6 Å². The number of thioether (sulfide) groups is 1. The van der Waals surface area contributed by atoms with E-state index in [0.717, 1.165) is 5.56 Å². The maximum atomic E-state index is 14.8. The summed E-state index contributed by atoms with van der Waals surface area (Å²) >= 11 is 8.19. The number of benzene rings is 2. The summed E-state index contributed by atoms with van der Waals surface area (Å²) in [6.07, 6.45) is 4.40. The van der Waals surface area contributed by atoms with Gasteiger partial charge in [0.1, 0.15) is 12.6 Å². The molecule has 0 saturated carbocycles. The van der Waals surface area contributed by atoms with Gasteiger partial charge in [0.2, 0.25) is 5.91 Å². The molecule has 9 heteroatoms. The molecular weight excluding hydrogens is 548 g/mol. The lowest BCUT2D eigenvalue weighted by Gasteiger charge is -2.40. The van der Waals surface area contributed by atoms with Crippen LogP contribution in [0.1, 0.15) is 30.0 Å². The van der Waals surface area contributed by atoms with E-state index in [1.807, 2.05) is 49.4 Å². The fourth-order valence-electron chi connectivity index (χ4n) is 6.77. The second kappa shape index (κ2) is 11.4. The zero-order valence-corrected chi connectivity index (χ0v) is 23.9. The summed E-state index contributed by atoms with van der Waals surface area (Å²) in [5.74, 6) is -2.51. The quantitative estimate of drug-likeness (QED) is 0.323. The predicted molar refractivity (Wildman–Crippen MR) is 157 cm³/mol. The lowest BCUT2D eigenvalue weighted by molar-refractivity contribution is -0.153. The number of aliphatic hydroxyl groups excluding tert-OH is 1. The number of hydrogen-bond acceptors (Lipinski definition) is 6. The summed E-state index contributed by atoms with van der Waals surface area (Å²) in [5.41, 5.74) is 2.08. The largest absolute Gasteiger partial charge is 0.461 e. The number of aliphatic hydroxyl groups is 1. The van der Waals surface area contributed by atoms with Crippen LogP contribution in [0, 0.1) is 18.8 Å². The van der Waals surface area contributed by atoms with Crippen LogP contribution in [0.4, 0.5) is 5.69 Å². The van der Waals surface area contributed by atoms with Crippen LogP contribution in [0.2, 0.25) is 5.02 Å². The van der Waals surface area contributed by atoms with E-state index in [2.05, 4.69) is 13.2 Å². The van der Waals surface area contributed by atoms with Gasteiger partial charge in [-0.15, -0.1) is 18.3 Å². The standard InChI is InChI=1S/C31H33ClN2O5S/c1-4-16-33(26-19(3)10-9-13-21(26)32)29(37)27-31-15-14-23(40-31)24(30(38)39-17-5-2)25(31)28(36)34(27)22(18-35)20-11-7-6-8-12-20/h4-13,22-25,27,35H,1-2,14-18H2,3H3/t22-,23-,24+,25+,27?,31?/m1/s1. The molecule has 0 radical (unpaired) electrons. The first-order valence-corrected chi connectivity index (χ1v) is 14.7. The minimum Gasteiger partial charge on any atom is -0.461 e. The molecular formula is C31H33ClN2O5S. The molecule has 3 fully saturated rings. The number of likely N-dealkylation sites (tertiary alicyclic amines) is 1. The number of hydrogen-bond donors (Lipinski definition) is 1. The Kier molecular flexibility index (Phi) is 8.13. The van der Waals surface area contributed by atoms with Crippen molar-refractivity contribution in [1.29, 1.82) is 0 Å². The van der Waals surface area contributed by atoms with Gasteiger partial charge in [0.05, 0.1) is 39.9 Å². The van der Waals surface area contributed by atoms with Crippen molar-refractivity contribution < 1.29 is 24.2 Å². The van der Waals surface area contributed by atoms with E-state index in [1.54, 1.807) is 28.8 Å². The molecule has 0 aromatic heterocycles. The Morgan fingerprint density at radius 3 is 2.62 bits per heavy atom. The highest BCUT2D eigenvalue weighted by Crippen LogP contribution is 2.67. The number of nitrogens with zero attached hydrogens (tertiary/aromatic N) is 2. The van der Waals surface area contributed by atoms with Crippen molar-refractivity contribution in [3.05, 3.63) is 90.0 Å². The molecule has 2 aromatic carbocycles. The van der Waals surface area contributed by atoms with Gasteiger partial charge in [-0.1, -0.05) is 72.8 Å². The molecule has 1 spiro atoms. The van der Waals surface area contributed by atoms with E-state index in [4.69, 9.17) is 16.3 Å². The Hall–Kier alpha value is -3.07. The molecule has 3 aliphatic rings. The molecule has 7 nitrogen and oxygen atoms in total. The summed E-state index contributed by atoms with van der Waals surface area (Å²) < 4.78 is 4.60. The minimum absolute atomic E-state index is 0.0505. The molecule has 2 aromatic rings. The van der Waals surface area contributed by atoms with Crippen molar-refractivity contribution in [2.45, 2.75) is 41.8 Å². The van der Waals surface area contributed by atoms with Crippen LogP contribution in [-0.4, -0.2) is 63.6 Å². The number of para-hydroxylation sites is 1.